The van der Waals surface area contributed by atoms with Crippen LogP contribution in [-0.4, -0.2) is 39.0 Å². The number of anilines is 1. The normalized spacial score (nSPS) is 10.5. The molecular formula is C18H16FN5O3. The summed E-state index contributed by atoms with van der Waals surface area (Å²) in [5.74, 6) is -0.672. The van der Waals surface area contributed by atoms with E-state index in [1.807, 2.05) is 0 Å². The lowest BCUT2D eigenvalue weighted by atomic mass is 10.1. The first-order chi connectivity index (χ1) is 13.0. The van der Waals surface area contributed by atoms with Gasteiger partial charge in [0.15, 0.2) is 17.3 Å². The van der Waals surface area contributed by atoms with Gasteiger partial charge in [-0.15, -0.1) is 0 Å². The molecule has 9 heteroatoms. The number of carbonyl (C=O) groups excluding carboxylic acids is 1. The topological polar surface area (TPSA) is 99.0 Å². The fourth-order valence-electron chi connectivity index (χ4n) is 2.37. The van der Waals surface area contributed by atoms with Gasteiger partial charge in [-0.05, 0) is 24.3 Å². The summed E-state index contributed by atoms with van der Waals surface area (Å²) in [7, 11) is 2.86. The van der Waals surface area contributed by atoms with Crippen LogP contribution >= 0.6 is 0 Å². The molecule has 2 aromatic heterocycles. The predicted octanol–water partition coefficient (Wildman–Crippen LogP) is 1.68. The van der Waals surface area contributed by atoms with E-state index in [2.05, 4.69) is 20.3 Å². The van der Waals surface area contributed by atoms with Gasteiger partial charge in [0.2, 0.25) is 5.95 Å². The fourth-order valence-corrected chi connectivity index (χ4v) is 2.37. The number of hydrogen-bond acceptors (Lipinski definition) is 7. The maximum absolute atomic E-state index is 13.5. The summed E-state index contributed by atoms with van der Waals surface area (Å²) in [5.41, 5.74) is 0.814. The molecule has 0 aliphatic carbocycles. The first kappa shape index (κ1) is 18.2. The number of rotatable bonds is 6. The highest BCUT2D eigenvalue weighted by Crippen LogP contribution is 2.19. The van der Waals surface area contributed by atoms with Crippen molar-refractivity contribution in [3.05, 3.63) is 64.6 Å². The summed E-state index contributed by atoms with van der Waals surface area (Å²) in [6.45, 7) is -0.137. The van der Waals surface area contributed by atoms with E-state index in [0.717, 1.165) is 6.07 Å². The van der Waals surface area contributed by atoms with E-state index in [9.17, 15) is 14.0 Å². The van der Waals surface area contributed by atoms with E-state index in [-0.39, 0.29) is 35.1 Å². The summed E-state index contributed by atoms with van der Waals surface area (Å²) >= 11 is 0. The first-order valence-electron chi connectivity index (χ1n) is 7.94. The van der Waals surface area contributed by atoms with Crippen LogP contribution in [0.4, 0.5) is 10.3 Å². The quantitative estimate of drug-likeness (QED) is 0.660. The number of Topliss-reactive ketones (excluding diaryl/α,β-unsaturated/α-hetero) is 1. The van der Waals surface area contributed by atoms with Crippen LogP contribution in [0.5, 0.6) is 5.75 Å². The minimum absolute atomic E-state index is 0.0165. The lowest BCUT2D eigenvalue weighted by molar-refractivity contribution is 0.101. The Balaban J connectivity index is 1.82. The first-order valence-corrected chi connectivity index (χ1v) is 7.94. The molecule has 0 fully saturated rings. The molecule has 138 valence electrons. The highest BCUT2D eigenvalue weighted by Gasteiger charge is 2.13. The van der Waals surface area contributed by atoms with Crippen molar-refractivity contribution >= 4 is 11.7 Å². The molecule has 0 spiro atoms. The molecule has 3 aromatic rings. The van der Waals surface area contributed by atoms with Crippen LogP contribution in [0, 0.1) is 5.82 Å². The van der Waals surface area contributed by atoms with Gasteiger partial charge in [-0.3, -0.25) is 14.2 Å². The minimum atomic E-state index is -0.552. The number of nitrogens with one attached hydrogen (secondary N) is 1. The number of ketones is 1. The molecule has 0 saturated carbocycles. The van der Waals surface area contributed by atoms with Crippen molar-refractivity contribution in [2.24, 2.45) is 7.05 Å². The summed E-state index contributed by atoms with van der Waals surface area (Å²) in [5, 5.41) is 2.84. The Morgan fingerprint density at radius 3 is 2.78 bits per heavy atom. The van der Waals surface area contributed by atoms with Gasteiger partial charge in [-0.25, -0.2) is 19.3 Å². The van der Waals surface area contributed by atoms with Crippen molar-refractivity contribution in [3.8, 4) is 17.1 Å². The maximum Gasteiger partial charge on any atom is 0.255 e. The number of carbonyl (C=O) groups is 1. The van der Waals surface area contributed by atoms with Gasteiger partial charge in [0.1, 0.15) is 6.33 Å². The van der Waals surface area contributed by atoms with E-state index in [0.29, 0.717) is 11.4 Å². The lowest BCUT2D eigenvalue weighted by Gasteiger charge is -2.11. The van der Waals surface area contributed by atoms with Crippen LogP contribution in [0.3, 0.4) is 0 Å². The molecule has 0 amide bonds. The van der Waals surface area contributed by atoms with Gasteiger partial charge in [-0.2, -0.15) is 0 Å². The van der Waals surface area contributed by atoms with Crippen LogP contribution in [0.2, 0.25) is 0 Å². The standard InChI is InChI=1S/C18H16FN5O3/c1-24-17(26)8-14(13-5-6-20-10-22-13)23-18(24)21-9-15(25)11-3-4-12(19)16(7-11)27-2/h3-8,10H,9H2,1-2H3,(H,21,23). The van der Waals surface area contributed by atoms with Crippen molar-refractivity contribution in [2.75, 3.05) is 19.0 Å². The van der Waals surface area contributed by atoms with Gasteiger partial charge >= 0.3 is 0 Å². The zero-order chi connectivity index (χ0) is 19.4. The Morgan fingerprint density at radius 2 is 2.07 bits per heavy atom. The molecule has 1 N–H and O–H groups in total. The molecule has 0 bridgehead atoms. The van der Waals surface area contributed by atoms with Crippen molar-refractivity contribution in [2.45, 2.75) is 0 Å². The largest absolute Gasteiger partial charge is 0.494 e. The van der Waals surface area contributed by atoms with E-state index in [1.54, 1.807) is 12.3 Å². The number of ether oxygens (including phenoxy) is 1. The summed E-state index contributed by atoms with van der Waals surface area (Å²) in [6.07, 6.45) is 2.90. The Hall–Kier alpha value is -3.62. The molecule has 0 radical (unpaired) electrons. The number of benzene rings is 1. The maximum atomic E-state index is 13.5. The van der Waals surface area contributed by atoms with E-state index in [1.165, 1.54) is 43.3 Å². The SMILES string of the molecule is COc1cc(C(=O)CNc2nc(-c3ccncn3)cc(=O)n2C)ccc1F. The molecule has 0 saturated heterocycles. The second kappa shape index (κ2) is 7.73. The number of aromatic nitrogens is 4. The van der Waals surface area contributed by atoms with E-state index >= 15 is 0 Å². The monoisotopic (exact) mass is 369 g/mol. The molecule has 0 aliphatic heterocycles. The number of methoxy groups -OCH3 is 1. The Kier molecular flexibility index (Phi) is 5.20. The zero-order valence-corrected chi connectivity index (χ0v) is 14.6. The Labute approximate surface area is 153 Å². The second-order valence-corrected chi connectivity index (χ2v) is 5.58. The molecule has 2 heterocycles. The predicted molar refractivity (Wildman–Crippen MR) is 96.3 cm³/mol. The molecule has 27 heavy (non-hydrogen) atoms. The summed E-state index contributed by atoms with van der Waals surface area (Å²) in [6, 6.07) is 6.83. The Bertz CT molecular complexity index is 1040. The van der Waals surface area contributed by atoms with Crippen molar-refractivity contribution in [1.29, 1.82) is 0 Å². The van der Waals surface area contributed by atoms with Crippen LogP contribution < -0.4 is 15.6 Å². The average Bonchev–Trinajstić information content (AvgIpc) is 2.69. The van der Waals surface area contributed by atoms with Crippen LogP contribution in [0.15, 0.2) is 47.7 Å². The molecular weight excluding hydrogens is 353 g/mol. The molecule has 3 rings (SSSR count). The molecule has 0 aliphatic rings. The van der Waals surface area contributed by atoms with Gasteiger partial charge < -0.3 is 10.1 Å². The lowest BCUT2D eigenvalue weighted by Crippen LogP contribution is -2.24. The summed E-state index contributed by atoms with van der Waals surface area (Å²) in [4.78, 5) is 36.8. The highest BCUT2D eigenvalue weighted by atomic mass is 19.1. The van der Waals surface area contributed by atoms with Crippen LogP contribution in [-0.2, 0) is 7.05 Å². The van der Waals surface area contributed by atoms with E-state index in [4.69, 9.17) is 4.74 Å². The van der Waals surface area contributed by atoms with Crippen LogP contribution in [0.1, 0.15) is 10.4 Å². The van der Waals surface area contributed by atoms with Gasteiger partial charge in [0.05, 0.1) is 25.0 Å². The third kappa shape index (κ3) is 3.97. The molecule has 0 atom stereocenters. The number of nitrogens with zero attached hydrogens (tertiary/aromatic N) is 4. The number of halogens is 1. The van der Waals surface area contributed by atoms with Crippen molar-refractivity contribution in [3.63, 3.8) is 0 Å². The van der Waals surface area contributed by atoms with Crippen molar-refractivity contribution < 1.29 is 13.9 Å². The van der Waals surface area contributed by atoms with Crippen molar-refractivity contribution in [1.82, 2.24) is 19.5 Å². The fraction of sp³-hybridized carbons (Fsp3) is 0.167. The smallest absolute Gasteiger partial charge is 0.255 e. The molecule has 1 aromatic carbocycles. The average molecular weight is 369 g/mol. The van der Waals surface area contributed by atoms with Gasteiger partial charge in [0.25, 0.3) is 5.56 Å². The third-order valence-corrected chi connectivity index (χ3v) is 3.86. The highest BCUT2D eigenvalue weighted by molar-refractivity contribution is 5.99. The van der Waals surface area contributed by atoms with Gasteiger partial charge in [0, 0.05) is 24.9 Å². The number of hydrogen-bond donors (Lipinski definition) is 1. The minimum Gasteiger partial charge on any atom is -0.494 e. The van der Waals surface area contributed by atoms with Gasteiger partial charge in [-0.1, -0.05) is 0 Å². The van der Waals surface area contributed by atoms with E-state index < -0.39 is 5.82 Å². The van der Waals surface area contributed by atoms with Crippen LogP contribution in [0.25, 0.3) is 11.4 Å². The molecule has 8 nitrogen and oxygen atoms in total. The zero-order valence-electron chi connectivity index (χ0n) is 14.6. The summed E-state index contributed by atoms with van der Waals surface area (Å²) < 4.78 is 19.6. The second-order valence-electron chi connectivity index (χ2n) is 5.58. The Morgan fingerprint density at radius 1 is 1.26 bits per heavy atom. The third-order valence-electron chi connectivity index (χ3n) is 3.86. The molecule has 0 unspecified atom stereocenters.